The largest absolute Gasteiger partial charge is 0.334 e. The number of carbonyl (C=O) groups is 1. The van der Waals surface area contributed by atoms with Crippen LogP contribution < -0.4 is 0 Å². The highest BCUT2D eigenvalue weighted by Gasteiger charge is 2.33. The minimum absolute atomic E-state index is 0.255. The predicted molar refractivity (Wildman–Crippen MR) is 136 cm³/mol. The topological polar surface area (TPSA) is 61.7 Å². The van der Waals surface area contributed by atoms with Crippen molar-refractivity contribution in [1.29, 1.82) is 0 Å². The van der Waals surface area contributed by atoms with E-state index in [1.54, 1.807) is 0 Å². The quantitative estimate of drug-likeness (QED) is 0.585. The van der Waals surface area contributed by atoms with E-state index < -0.39 is 0 Å². The molecule has 1 aromatic carbocycles. The lowest BCUT2D eigenvalue weighted by Crippen LogP contribution is -2.51. The lowest BCUT2D eigenvalue weighted by Gasteiger charge is -2.41. The van der Waals surface area contributed by atoms with Crippen molar-refractivity contribution in [1.82, 2.24) is 19.8 Å². The highest BCUT2D eigenvalue weighted by molar-refractivity contribution is 6.15. The summed E-state index contributed by atoms with van der Waals surface area (Å²) in [5.74, 6) is 0.255. The molecule has 0 bridgehead atoms. The molecular weight excluding hydrogens is 434 g/mol. The molecule has 0 spiro atoms. The number of pyridine rings is 2. The molecule has 5 heterocycles. The number of hydrogen-bond acceptors (Lipinski definition) is 5. The number of likely N-dealkylation sites (tertiary alicyclic amines) is 1. The molecule has 0 saturated carbocycles. The van der Waals surface area contributed by atoms with Crippen molar-refractivity contribution in [3.8, 4) is 0 Å². The Kier molecular flexibility index (Phi) is 5.69. The predicted octanol–water partition coefficient (Wildman–Crippen LogP) is 3.99. The molecule has 3 aromatic rings. The molecule has 1 fully saturated rings. The number of aliphatic imine (C=N–C) groups is 1. The zero-order valence-electron chi connectivity index (χ0n) is 20.5. The van der Waals surface area contributed by atoms with Gasteiger partial charge in [-0.25, -0.2) is 0 Å². The number of nitrogens with zero attached hydrogens (tertiary/aromatic N) is 5. The number of aryl methyl sites for hydroxylation is 2. The van der Waals surface area contributed by atoms with Crippen LogP contribution in [0.3, 0.4) is 0 Å². The summed E-state index contributed by atoms with van der Waals surface area (Å²) in [6.45, 7) is 8.35. The van der Waals surface area contributed by atoms with E-state index in [9.17, 15) is 4.79 Å². The fraction of sp³-hybridized carbons (Fsp3) is 0.379. The molecular formula is C29H31N5O. The summed E-state index contributed by atoms with van der Waals surface area (Å²) >= 11 is 0. The Labute approximate surface area is 206 Å². The van der Waals surface area contributed by atoms with Gasteiger partial charge < -0.3 is 4.90 Å². The van der Waals surface area contributed by atoms with Crippen LogP contribution >= 0.6 is 0 Å². The van der Waals surface area contributed by atoms with Crippen LogP contribution in [-0.2, 0) is 30.8 Å². The lowest BCUT2D eigenvalue weighted by molar-refractivity contribution is -0.135. The van der Waals surface area contributed by atoms with Crippen molar-refractivity contribution in [2.24, 2.45) is 4.99 Å². The van der Waals surface area contributed by atoms with Gasteiger partial charge in [0.15, 0.2) is 0 Å². The van der Waals surface area contributed by atoms with Crippen LogP contribution in [0.1, 0.15) is 57.6 Å². The summed E-state index contributed by atoms with van der Waals surface area (Å²) in [7, 11) is 0. The third-order valence-electron chi connectivity index (χ3n) is 7.69. The van der Waals surface area contributed by atoms with Gasteiger partial charge in [-0.2, -0.15) is 0 Å². The highest BCUT2D eigenvalue weighted by Crippen LogP contribution is 2.32. The SMILES string of the molecule is Cc1cc(C2=NCc3cc4c(cc32)CN([C@@H]2CCCN(Cc3cccnc3C)C2)C(=O)C4)ccn1. The van der Waals surface area contributed by atoms with Crippen molar-refractivity contribution >= 4 is 11.6 Å². The molecule has 0 aliphatic carbocycles. The van der Waals surface area contributed by atoms with Gasteiger partial charge in [0, 0.05) is 60.6 Å². The Morgan fingerprint density at radius 3 is 2.80 bits per heavy atom. The van der Waals surface area contributed by atoms with Gasteiger partial charge in [0.25, 0.3) is 0 Å². The Hall–Kier alpha value is -3.38. The molecule has 1 amide bonds. The molecule has 1 atom stereocenters. The second kappa shape index (κ2) is 9.00. The van der Waals surface area contributed by atoms with Crippen LogP contribution in [0.25, 0.3) is 0 Å². The Bertz CT molecular complexity index is 1330. The van der Waals surface area contributed by atoms with Gasteiger partial charge in [0.05, 0.1) is 18.7 Å². The molecule has 2 aromatic heterocycles. The average Bonchev–Trinajstić information content (AvgIpc) is 3.26. The maximum atomic E-state index is 13.3. The molecule has 0 unspecified atom stereocenters. The standard InChI is InChI=1S/C29H31N5O/c1-19-11-21(7-9-30-19)29-27-13-25-17-34(28(35)14-23(25)12-24(27)15-32-29)26-6-4-10-33(18-26)16-22-5-3-8-31-20(22)2/h3,5,7-9,11-13,26H,4,6,10,14-18H2,1-2H3/t26-/m1/s1. The first kappa shape index (κ1) is 22.1. The smallest absolute Gasteiger partial charge is 0.227 e. The van der Waals surface area contributed by atoms with Gasteiger partial charge in [0.2, 0.25) is 5.91 Å². The molecule has 0 radical (unpaired) electrons. The number of hydrogen-bond donors (Lipinski definition) is 0. The van der Waals surface area contributed by atoms with Gasteiger partial charge in [-0.1, -0.05) is 12.1 Å². The minimum Gasteiger partial charge on any atom is -0.334 e. The third-order valence-corrected chi connectivity index (χ3v) is 7.69. The zero-order chi connectivity index (χ0) is 23.9. The normalized spacial score (nSPS) is 19.9. The number of rotatable bonds is 4. The van der Waals surface area contributed by atoms with E-state index in [1.807, 2.05) is 31.5 Å². The number of aromatic nitrogens is 2. The van der Waals surface area contributed by atoms with E-state index in [4.69, 9.17) is 4.99 Å². The maximum Gasteiger partial charge on any atom is 0.227 e. The van der Waals surface area contributed by atoms with E-state index in [2.05, 4.69) is 51.0 Å². The number of fused-ring (bicyclic) bond motifs is 2. The fourth-order valence-corrected chi connectivity index (χ4v) is 5.82. The molecule has 6 heteroatoms. The molecule has 3 aliphatic rings. The molecule has 6 rings (SSSR count). The first-order valence-electron chi connectivity index (χ1n) is 12.6. The van der Waals surface area contributed by atoms with Gasteiger partial charge in [0.1, 0.15) is 0 Å². The number of benzene rings is 1. The van der Waals surface area contributed by atoms with Crippen LogP contribution in [0.4, 0.5) is 0 Å². The first-order chi connectivity index (χ1) is 17.0. The van der Waals surface area contributed by atoms with Crippen LogP contribution in [0.2, 0.25) is 0 Å². The molecule has 1 saturated heterocycles. The number of carbonyl (C=O) groups excluding carboxylic acids is 1. The summed E-state index contributed by atoms with van der Waals surface area (Å²) in [5, 5.41) is 0. The summed E-state index contributed by atoms with van der Waals surface area (Å²) in [5.41, 5.74) is 10.4. The van der Waals surface area contributed by atoms with Crippen molar-refractivity contribution < 1.29 is 4.79 Å². The van der Waals surface area contributed by atoms with Crippen LogP contribution in [0.15, 0.2) is 53.8 Å². The molecule has 3 aliphatic heterocycles. The van der Waals surface area contributed by atoms with Gasteiger partial charge in [-0.3, -0.25) is 24.7 Å². The number of piperidine rings is 1. The third kappa shape index (κ3) is 4.27. The van der Waals surface area contributed by atoms with Gasteiger partial charge in [-0.05, 0) is 79.8 Å². The van der Waals surface area contributed by atoms with E-state index in [0.29, 0.717) is 19.5 Å². The fourth-order valence-electron chi connectivity index (χ4n) is 5.82. The Morgan fingerprint density at radius 2 is 1.94 bits per heavy atom. The second-order valence-corrected chi connectivity index (χ2v) is 10.1. The Morgan fingerprint density at radius 1 is 1.03 bits per heavy atom. The highest BCUT2D eigenvalue weighted by atomic mass is 16.2. The van der Waals surface area contributed by atoms with E-state index in [1.165, 1.54) is 27.8 Å². The van der Waals surface area contributed by atoms with Gasteiger partial charge >= 0.3 is 0 Å². The maximum absolute atomic E-state index is 13.3. The summed E-state index contributed by atoms with van der Waals surface area (Å²) in [6, 6.07) is 13.1. The second-order valence-electron chi connectivity index (χ2n) is 10.1. The first-order valence-corrected chi connectivity index (χ1v) is 12.6. The lowest BCUT2D eigenvalue weighted by atomic mass is 9.90. The van der Waals surface area contributed by atoms with Crippen molar-refractivity contribution in [2.45, 2.75) is 58.8 Å². The zero-order valence-corrected chi connectivity index (χ0v) is 20.5. The summed E-state index contributed by atoms with van der Waals surface area (Å²) in [6.07, 6.45) is 6.38. The van der Waals surface area contributed by atoms with Crippen molar-refractivity contribution in [3.63, 3.8) is 0 Å². The summed E-state index contributed by atoms with van der Waals surface area (Å²) in [4.78, 5) is 31.5. The number of amides is 1. The van der Waals surface area contributed by atoms with Crippen molar-refractivity contribution in [2.75, 3.05) is 13.1 Å². The average molecular weight is 466 g/mol. The van der Waals surface area contributed by atoms with E-state index in [-0.39, 0.29) is 11.9 Å². The molecule has 6 nitrogen and oxygen atoms in total. The molecule has 178 valence electrons. The van der Waals surface area contributed by atoms with Crippen LogP contribution in [0, 0.1) is 13.8 Å². The van der Waals surface area contributed by atoms with Crippen molar-refractivity contribution in [3.05, 3.63) is 93.6 Å². The van der Waals surface area contributed by atoms with Crippen LogP contribution in [0.5, 0.6) is 0 Å². The van der Waals surface area contributed by atoms with E-state index in [0.717, 1.165) is 55.1 Å². The minimum atomic E-state index is 0.255. The van der Waals surface area contributed by atoms with Crippen LogP contribution in [-0.4, -0.2) is 50.5 Å². The van der Waals surface area contributed by atoms with Gasteiger partial charge in [-0.15, -0.1) is 0 Å². The Balaban J connectivity index is 1.22. The monoisotopic (exact) mass is 465 g/mol. The molecule has 35 heavy (non-hydrogen) atoms. The summed E-state index contributed by atoms with van der Waals surface area (Å²) < 4.78 is 0. The molecule has 0 N–H and O–H groups in total. The van der Waals surface area contributed by atoms with E-state index >= 15 is 0 Å².